The van der Waals surface area contributed by atoms with Crippen molar-refractivity contribution < 1.29 is 17.9 Å². The van der Waals surface area contributed by atoms with Crippen LogP contribution in [0.25, 0.3) is 0 Å². The molecule has 0 amide bonds. The van der Waals surface area contributed by atoms with E-state index in [0.29, 0.717) is 18.7 Å². The topological polar surface area (TPSA) is 49.9 Å². The number of hydrogen-bond acceptors (Lipinski definition) is 3. The van der Waals surface area contributed by atoms with Gasteiger partial charge in [0.1, 0.15) is 11.6 Å². The molecule has 1 aromatic heterocycles. The summed E-state index contributed by atoms with van der Waals surface area (Å²) in [5.41, 5.74) is 0.670. The number of aromatic amines is 1. The van der Waals surface area contributed by atoms with Crippen molar-refractivity contribution >= 4 is 0 Å². The van der Waals surface area contributed by atoms with Crippen LogP contribution in [0.1, 0.15) is 11.4 Å². The second kappa shape index (κ2) is 6.42. The molecule has 0 aliphatic carbocycles. The van der Waals surface area contributed by atoms with E-state index in [-0.39, 0.29) is 5.75 Å². The number of imidazole rings is 1. The molecular formula is C13H14F3N3O. The number of aromatic nitrogens is 2. The lowest BCUT2D eigenvalue weighted by atomic mass is 10.2. The molecule has 7 heteroatoms. The average Bonchev–Trinajstić information content (AvgIpc) is 2.90. The van der Waals surface area contributed by atoms with Crippen LogP contribution in [0.5, 0.6) is 5.75 Å². The summed E-state index contributed by atoms with van der Waals surface area (Å²) in [6, 6.07) is 6.64. The number of rotatable bonds is 6. The maximum absolute atomic E-state index is 12.2. The molecule has 20 heavy (non-hydrogen) atoms. The van der Waals surface area contributed by atoms with Gasteiger partial charge in [-0.1, -0.05) is 18.2 Å². The monoisotopic (exact) mass is 285 g/mol. The first-order valence-electron chi connectivity index (χ1n) is 6.01. The van der Waals surface area contributed by atoms with E-state index in [2.05, 4.69) is 15.3 Å². The fourth-order valence-corrected chi connectivity index (χ4v) is 1.66. The number of benzene rings is 1. The molecule has 0 aliphatic heterocycles. The summed E-state index contributed by atoms with van der Waals surface area (Å²) >= 11 is 0. The van der Waals surface area contributed by atoms with Gasteiger partial charge in [0, 0.05) is 24.5 Å². The third kappa shape index (κ3) is 4.58. The zero-order valence-corrected chi connectivity index (χ0v) is 10.6. The molecule has 1 heterocycles. The van der Waals surface area contributed by atoms with Crippen LogP contribution in [0, 0.1) is 0 Å². The Labute approximate surface area is 114 Å². The fourth-order valence-electron chi connectivity index (χ4n) is 1.66. The zero-order valence-electron chi connectivity index (χ0n) is 10.6. The van der Waals surface area contributed by atoms with Crippen LogP contribution >= 0.6 is 0 Å². The summed E-state index contributed by atoms with van der Waals surface area (Å²) in [5.74, 6) is 0.996. The Morgan fingerprint density at radius 2 is 2.00 bits per heavy atom. The van der Waals surface area contributed by atoms with Crippen LogP contribution in [0.4, 0.5) is 13.2 Å². The first-order chi connectivity index (χ1) is 9.54. The third-order valence-corrected chi connectivity index (χ3v) is 2.53. The lowest BCUT2D eigenvalue weighted by Crippen LogP contribution is -2.20. The molecule has 0 radical (unpaired) electrons. The van der Waals surface area contributed by atoms with Crippen LogP contribution in [0.2, 0.25) is 0 Å². The molecule has 0 saturated heterocycles. The van der Waals surface area contributed by atoms with Crippen molar-refractivity contribution in [1.82, 2.24) is 15.3 Å². The second-order valence-corrected chi connectivity index (χ2v) is 4.15. The van der Waals surface area contributed by atoms with Crippen molar-refractivity contribution in [3.63, 3.8) is 0 Å². The van der Waals surface area contributed by atoms with Gasteiger partial charge < -0.3 is 15.0 Å². The molecule has 0 spiro atoms. The Balaban J connectivity index is 1.90. The maximum atomic E-state index is 12.2. The van der Waals surface area contributed by atoms with Gasteiger partial charge in [0.2, 0.25) is 0 Å². The number of halogens is 3. The number of nitrogens with one attached hydrogen (secondary N) is 2. The largest absolute Gasteiger partial charge is 0.484 e. The highest BCUT2D eigenvalue weighted by Gasteiger charge is 2.28. The van der Waals surface area contributed by atoms with E-state index in [1.54, 1.807) is 30.6 Å². The molecule has 2 aromatic rings. The van der Waals surface area contributed by atoms with Crippen molar-refractivity contribution in [2.75, 3.05) is 6.61 Å². The fraction of sp³-hybridized carbons (Fsp3) is 0.308. The molecule has 2 N–H and O–H groups in total. The van der Waals surface area contributed by atoms with E-state index in [4.69, 9.17) is 4.74 Å². The van der Waals surface area contributed by atoms with E-state index < -0.39 is 12.8 Å². The molecule has 0 saturated carbocycles. The molecule has 0 atom stereocenters. The minimum Gasteiger partial charge on any atom is -0.484 e. The van der Waals surface area contributed by atoms with Crippen molar-refractivity contribution in [2.24, 2.45) is 0 Å². The van der Waals surface area contributed by atoms with Gasteiger partial charge >= 0.3 is 6.18 Å². The van der Waals surface area contributed by atoms with E-state index >= 15 is 0 Å². The van der Waals surface area contributed by atoms with Gasteiger partial charge in [-0.15, -0.1) is 0 Å². The Morgan fingerprint density at radius 1 is 1.20 bits per heavy atom. The molecule has 0 unspecified atom stereocenters. The van der Waals surface area contributed by atoms with Gasteiger partial charge in [-0.3, -0.25) is 0 Å². The molecule has 0 fully saturated rings. The number of ether oxygens (including phenoxy) is 1. The quantitative estimate of drug-likeness (QED) is 0.858. The SMILES string of the molecule is FC(F)(F)COc1ccccc1CNCc1ncc[nH]1. The summed E-state index contributed by atoms with van der Waals surface area (Å²) in [7, 11) is 0. The number of nitrogens with zero attached hydrogens (tertiary/aromatic N) is 1. The lowest BCUT2D eigenvalue weighted by Gasteiger charge is -2.13. The summed E-state index contributed by atoms with van der Waals surface area (Å²) in [6.07, 6.45) is -0.997. The van der Waals surface area contributed by atoms with Crippen LogP contribution in [-0.4, -0.2) is 22.8 Å². The van der Waals surface area contributed by atoms with Crippen LogP contribution in [-0.2, 0) is 13.1 Å². The molecule has 108 valence electrons. The summed E-state index contributed by atoms with van der Waals surface area (Å²) < 4.78 is 41.3. The highest BCUT2D eigenvalue weighted by molar-refractivity contribution is 5.33. The first kappa shape index (κ1) is 14.4. The van der Waals surface area contributed by atoms with Crippen molar-refractivity contribution in [3.05, 3.63) is 48.0 Å². The number of hydrogen-bond donors (Lipinski definition) is 2. The second-order valence-electron chi connectivity index (χ2n) is 4.15. The minimum atomic E-state index is -4.34. The lowest BCUT2D eigenvalue weighted by molar-refractivity contribution is -0.153. The van der Waals surface area contributed by atoms with Gasteiger partial charge in [0.25, 0.3) is 0 Å². The highest BCUT2D eigenvalue weighted by Crippen LogP contribution is 2.22. The van der Waals surface area contributed by atoms with Crippen LogP contribution in [0.3, 0.4) is 0 Å². The predicted octanol–water partition coefficient (Wildman–Crippen LogP) is 2.64. The Morgan fingerprint density at radius 3 is 2.70 bits per heavy atom. The van der Waals surface area contributed by atoms with Crippen molar-refractivity contribution in [3.8, 4) is 5.75 Å². The molecule has 4 nitrogen and oxygen atoms in total. The standard InChI is InChI=1S/C13H14F3N3O/c14-13(15,16)9-20-11-4-2-1-3-10(11)7-17-8-12-18-5-6-19-12/h1-6,17H,7-9H2,(H,18,19). The number of H-pyrrole nitrogens is 1. The Hall–Kier alpha value is -2.02. The summed E-state index contributed by atoms with van der Waals surface area (Å²) in [6.45, 7) is -0.391. The summed E-state index contributed by atoms with van der Waals surface area (Å²) in [4.78, 5) is 6.97. The van der Waals surface area contributed by atoms with Crippen molar-refractivity contribution in [2.45, 2.75) is 19.3 Å². The molecule has 0 aliphatic rings. The average molecular weight is 285 g/mol. The normalized spacial score (nSPS) is 11.6. The van der Waals surface area contributed by atoms with Gasteiger partial charge in [0.15, 0.2) is 6.61 Å². The predicted molar refractivity (Wildman–Crippen MR) is 67.1 cm³/mol. The first-order valence-corrected chi connectivity index (χ1v) is 6.01. The van der Waals surface area contributed by atoms with Gasteiger partial charge in [-0.05, 0) is 6.07 Å². The molecule has 0 bridgehead atoms. The molecule has 1 aromatic carbocycles. The minimum absolute atomic E-state index is 0.233. The number of alkyl halides is 3. The van der Waals surface area contributed by atoms with Crippen LogP contribution < -0.4 is 10.1 Å². The van der Waals surface area contributed by atoms with E-state index in [1.807, 2.05) is 0 Å². The zero-order chi connectivity index (χ0) is 14.4. The maximum Gasteiger partial charge on any atom is 0.422 e. The van der Waals surface area contributed by atoms with Gasteiger partial charge in [0.05, 0.1) is 6.54 Å². The van der Waals surface area contributed by atoms with E-state index in [9.17, 15) is 13.2 Å². The number of para-hydroxylation sites is 1. The molecule has 2 rings (SSSR count). The van der Waals surface area contributed by atoms with Gasteiger partial charge in [-0.2, -0.15) is 13.2 Å². The Bertz CT molecular complexity index is 526. The third-order valence-electron chi connectivity index (χ3n) is 2.53. The Kier molecular flexibility index (Phi) is 4.62. The van der Waals surface area contributed by atoms with Gasteiger partial charge in [-0.25, -0.2) is 4.98 Å². The highest BCUT2D eigenvalue weighted by atomic mass is 19.4. The smallest absolute Gasteiger partial charge is 0.422 e. The van der Waals surface area contributed by atoms with Crippen LogP contribution in [0.15, 0.2) is 36.7 Å². The summed E-state index contributed by atoms with van der Waals surface area (Å²) in [5, 5.41) is 3.09. The van der Waals surface area contributed by atoms with E-state index in [0.717, 1.165) is 5.82 Å². The molecular weight excluding hydrogens is 271 g/mol. The van der Waals surface area contributed by atoms with Crippen molar-refractivity contribution in [1.29, 1.82) is 0 Å². The van der Waals surface area contributed by atoms with E-state index in [1.165, 1.54) is 6.07 Å².